The van der Waals surface area contributed by atoms with Gasteiger partial charge in [-0.25, -0.2) is 8.42 Å². The van der Waals surface area contributed by atoms with Gasteiger partial charge in [0, 0.05) is 11.6 Å². The van der Waals surface area contributed by atoms with Gasteiger partial charge < -0.3 is 9.47 Å². The van der Waals surface area contributed by atoms with Gasteiger partial charge in [0.05, 0.1) is 19.8 Å². The van der Waals surface area contributed by atoms with Crippen molar-refractivity contribution >= 4 is 26.0 Å². The largest absolute Gasteiger partial charge is 0.492 e. The predicted octanol–water partition coefficient (Wildman–Crippen LogP) is 1.70. The average Bonchev–Trinajstić information content (AvgIpc) is 2.37. The zero-order valence-corrected chi connectivity index (χ0v) is 13.1. The summed E-state index contributed by atoms with van der Waals surface area (Å²) in [6.07, 6.45) is 0. The molecule has 0 fully saturated rings. The third-order valence-corrected chi connectivity index (χ3v) is 3.78. The van der Waals surface area contributed by atoms with E-state index in [2.05, 4.69) is 15.9 Å². The van der Waals surface area contributed by atoms with Crippen molar-refractivity contribution in [3.63, 3.8) is 0 Å². The van der Waals surface area contributed by atoms with Gasteiger partial charge in [-0.05, 0) is 25.1 Å². The second kappa shape index (κ2) is 7.81. The van der Waals surface area contributed by atoms with Crippen molar-refractivity contribution in [3.8, 4) is 5.75 Å². The Bertz CT molecular complexity index is 506. The molecule has 0 aliphatic carbocycles. The molecule has 0 radical (unpaired) electrons. The predicted molar refractivity (Wildman–Crippen MR) is 73.5 cm³/mol. The van der Waals surface area contributed by atoms with E-state index in [0.717, 1.165) is 0 Å². The van der Waals surface area contributed by atoms with E-state index in [1.54, 1.807) is 19.1 Å². The summed E-state index contributed by atoms with van der Waals surface area (Å²) in [4.78, 5) is 6.87. The standard InChI is InChI=1S/C11H16BrNO5S/c1-3-17-10-5-4-9(12)8-11(10)19(14,15)13-18-7-6-16-2/h4-5,8,13H,3,6-7H2,1-2H3. The Labute approximate surface area is 121 Å². The molecule has 1 aromatic carbocycles. The number of sulfonamides is 1. The summed E-state index contributed by atoms with van der Waals surface area (Å²) >= 11 is 3.22. The zero-order chi connectivity index (χ0) is 14.3. The van der Waals surface area contributed by atoms with E-state index in [1.165, 1.54) is 13.2 Å². The monoisotopic (exact) mass is 353 g/mol. The fourth-order valence-corrected chi connectivity index (χ4v) is 2.77. The maximum Gasteiger partial charge on any atom is 0.266 e. The topological polar surface area (TPSA) is 73.9 Å². The van der Waals surface area contributed by atoms with Gasteiger partial charge >= 0.3 is 0 Å². The maximum absolute atomic E-state index is 12.1. The van der Waals surface area contributed by atoms with Gasteiger partial charge in [-0.1, -0.05) is 20.8 Å². The van der Waals surface area contributed by atoms with Gasteiger partial charge in [-0.2, -0.15) is 0 Å². The van der Waals surface area contributed by atoms with Crippen LogP contribution >= 0.6 is 15.9 Å². The molecule has 0 aromatic heterocycles. The first-order valence-electron chi connectivity index (χ1n) is 5.56. The molecular weight excluding hydrogens is 338 g/mol. The second-order valence-electron chi connectivity index (χ2n) is 3.45. The van der Waals surface area contributed by atoms with Crippen LogP contribution in [-0.4, -0.2) is 35.3 Å². The Morgan fingerprint density at radius 2 is 2.05 bits per heavy atom. The minimum atomic E-state index is -3.80. The molecular formula is C11H16BrNO5S. The Hall–Kier alpha value is -0.670. The maximum atomic E-state index is 12.1. The molecule has 0 spiro atoms. The lowest BCUT2D eigenvalue weighted by Crippen LogP contribution is -2.26. The van der Waals surface area contributed by atoms with E-state index < -0.39 is 10.0 Å². The Balaban J connectivity index is 2.89. The van der Waals surface area contributed by atoms with Crippen LogP contribution in [0.1, 0.15) is 6.92 Å². The molecule has 0 saturated heterocycles. The van der Waals surface area contributed by atoms with Gasteiger partial charge in [0.2, 0.25) is 0 Å². The van der Waals surface area contributed by atoms with Gasteiger partial charge in [0.15, 0.2) is 0 Å². The summed E-state index contributed by atoms with van der Waals surface area (Å²) in [6, 6.07) is 4.74. The quantitative estimate of drug-likeness (QED) is 0.568. The Morgan fingerprint density at radius 1 is 1.32 bits per heavy atom. The van der Waals surface area contributed by atoms with Crippen LogP contribution in [0.3, 0.4) is 0 Å². The summed E-state index contributed by atoms with van der Waals surface area (Å²) in [7, 11) is -2.30. The summed E-state index contributed by atoms with van der Waals surface area (Å²) in [5.74, 6) is 0.272. The molecule has 108 valence electrons. The number of rotatable bonds is 8. The molecule has 0 atom stereocenters. The van der Waals surface area contributed by atoms with Crippen LogP contribution in [0.4, 0.5) is 0 Å². The molecule has 0 heterocycles. The smallest absolute Gasteiger partial charge is 0.266 e. The van der Waals surface area contributed by atoms with Crippen molar-refractivity contribution in [1.82, 2.24) is 4.89 Å². The lowest BCUT2D eigenvalue weighted by Gasteiger charge is -2.12. The Morgan fingerprint density at radius 3 is 2.68 bits per heavy atom. The lowest BCUT2D eigenvalue weighted by molar-refractivity contribution is 0.0437. The van der Waals surface area contributed by atoms with Crippen LogP contribution < -0.4 is 9.62 Å². The van der Waals surface area contributed by atoms with Crippen LogP contribution in [0.15, 0.2) is 27.6 Å². The van der Waals surface area contributed by atoms with Crippen LogP contribution in [-0.2, 0) is 19.6 Å². The van der Waals surface area contributed by atoms with E-state index in [4.69, 9.17) is 14.3 Å². The molecule has 0 unspecified atom stereocenters. The van der Waals surface area contributed by atoms with Gasteiger partial charge in [0.25, 0.3) is 10.0 Å². The van der Waals surface area contributed by atoms with Crippen molar-refractivity contribution in [3.05, 3.63) is 22.7 Å². The highest BCUT2D eigenvalue weighted by Gasteiger charge is 2.20. The van der Waals surface area contributed by atoms with Gasteiger partial charge in [-0.3, -0.25) is 4.84 Å². The van der Waals surface area contributed by atoms with Gasteiger partial charge in [-0.15, -0.1) is 0 Å². The van der Waals surface area contributed by atoms with E-state index >= 15 is 0 Å². The lowest BCUT2D eigenvalue weighted by atomic mass is 10.3. The fraction of sp³-hybridized carbons (Fsp3) is 0.455. The summed E-state index contributed by atoms with van der Waals surface area (Å²) in [5.41, 5.74) is 0. The third-order valence-electron chi connectivity index (χ3n) is 2.05. The molecule has 0 aliphatic rings. The number of methoxy groups -OCH3 is 1. The molecule has 1 rings (SSSR count). The molecule has 0 amide bonds. The molecule has 1 N–H and O–H groups in total. The van der Waals surface area contributed by atoms with Crippen LogP contribution in [0.25, 0.3) is 0 Å². The van der Waals surface area contributed by atoms with Crippen molar-refractivity contribution in [2.75, 3.05) is 26.9 Å². The van der Waals surface area contributed by atoms with Crippen molar-refractivity contribution < 1.29 is 22.7 Å². The normalized spacial score (nSPS) is 11.5. The summed E-state index contributed by atoms with van der Waals surface area (Å²) < 4.78 is 34.8. The summed E-state index contributed by atoms with van der Waals surface area (Å²) in [5, 5.41) is 0. The first kappa shape index (κ1) is 16.4. The first-order chi connectivity index (χ1) is 9.01. The highest BCUT2D eigenvalue weighted by molar-refractivity contribution is 9.10. The number of hydrogen-bond acceptors (Lipinski definition) is 5. The highest BCUT2D eigenvalue weighted by Crippen LogP contribution is 2.27. The number of ether oxygens (including phenoxy) is 2. The SMILES string of the molecule is CCOc1ccc(Br)cc1S(=O)(=O)NOCCOC. The number of halogens is 1. The number of benzene rings is 1. The first-order valence-corrected chi connectivity index (χ1v) is 7.83. The number of nitrogens with one attached hydrogen (secondary N) is 1. The van der Waals surface area contributed by atoms with Crippen molar-refractivity contribution in [2.24, 2.45) is 0 Å². The minimum absolute atomic E-state index is 0.0149. The van der Waals surface area contributed by atoms with E-state index in [0.29, 0.717) is 17.7 Å². The van der Waals surface area contributed by atoms with E-state index in [1.807, 2.05) is 4.89 Å². The van der Waals surface area contributed by atoms with Crippen molar-refractivity contribution in [2.45, 2.75) is 11.8 Å². The van der Waals surface area contributed by atoms with E-state index in [-0.39, 0.29) is 17.3 Å². The number of hydrogen-bond donors (Lipinski definition) is 1. The second-order valence-corrected chi connectivity index (χ2v) is 5.98. The van der Waals surface area contributed by atoms with Crippen LogP contribution in [0.2, 0.25) is 0 Å². The molecule has 0 bridgehead atoms. The molecule has 6 nitrogen and oxygen atoms in total. The zero-order valence-electron chi connectivity index (χ0n) is 10.7. The molecule has 8 heteroatoms. The van der Waals surface area contributed by atoms with Crippen molar-refractivity contribution in [1.29, 1.82) is 0 Å². The average molecular weight is 354 g/mol. The summed E-state index contributed by atoms with van der Waals surface area (Å²) in [6.45, 7) is 2.56. The third kappa shape index (κ3) is 5.07. The molecule has 0 saturated carbocycles. The van der Waals surface area contributed by atoms with E-state index in [9.17, 15) is 8.42 Å². The highest BCUT2D eigenvalue weighted by atomic mass is 79.9. The molecule has 19 heavy (non-hydrogen) atoms. The van der Waals surface area contributed by atoms with Crippen LogP contribution in [0, 0.1) is 0 Å². The van der Waals surface area contributed by atoms with Gasteiger partial charge in [0.1, 0.15) is 10.6 Å². The van der Waals surface area contributed by atoms with Crippen LogP contribution in [0.5, 0.6) is 5.75 Å². The molecule has 1 aromatic rings. The Kier molecular flexibility index (Phi) is 6.73. The molecule has 0 aliphatic heterocycles. The fourth-order valence-electron chi connectivity index (χ4n) is 1.26. The minimum Gasteiger partial charge on any atom is -0.492 e.